The number of carboxylic acids is 1. The molecule has 5 nitrogen and oxygen atoms in total. The van der Waals surface area contributed by atoms with Crippen molar-refractivity contribution in [2.24, 2.45) is 11.7 Å². The van der Waals surface area contributed by atoms with Crippen LogP contribution in [0, 0.1) is 5.92 Å². The van der Waals surface area contributed by atoms with Crippen LogP contribution in [0.25, 0.3) is 0 Å². The van der Waals surface area contributed by atoms with Crippen LogP contribution in [0.1, 0.15) is 16.8 Å². The van der Waals surface area contributed by atoms with Crippen LogP contribution in [0.15, 0.2) is 24.3 Å². The summed E-state index contributed by atoms with van der Waals surface area (Å²) in [5.41, 5.74) is 6.63. The molecule has 1 aromatic rings. The summed E-state index contributed by atoms with van der Waals surface area (Å²) in [7, 11) is 0. The molecule has 1 saturated heterocycles. The zero-order chi connectivity index (χ0) is 12.4. The molecular weight excluding hydrogens is 220 g/mol. The minimum absolute atomic E-state index is 0.218. The van der Waals surface area contributed by atoms with Crippen LogP contribution < -0.4 is 10.6 Å². The van der Waals surface area contributed by atoms with Gasteiger partial charge in [0.05, 0.1) is 6.42 Å². The summed E-state index contributed by atoms with van der Waals surface area (Å²) in [6.45, 7) is 1.50. The molecule has 0 unspecified atom stereocenters. The molecular formula is C12H14N2O3. The van der Waals surface area contributed by atoms with Crippen LogP contribution in [0.3, 0.4) is 0 Å². The number of carboxylic acid groups (broad SMARTS) is 1. The molecule has 2 rings (SSSR count). The van der Waals surface area contributed by atoms with Crippen LogP contribution in [-0.2, 0) is 4.79 Å². The summed E-state index contributed by atoms with van der Waals surface area (Å²) in [5.74, 6) is -0.967. The Kier molecular flexibility index (Phi) is 2.99. The molecule has 1 heterocycles. The highest BCUT2D eigenvalue weighted by Gasteiger charge is 2.28. The molecule has 17 heavy (non-hydrogen) atoms. The smallest absolute Gasteiger partial charge is 0.303 e. The molecule has 1 aromatic carbocycles. The Bertz CT molecular complexity index is 436. The SMILES string of the molecule is NC(=O)c1ccc(N2CC(CC(=O)O)C2)cc1. The molecule has 90 valence electrons. The average Bonchev–Trinajstić information content (AvgIpc) is 2.23. The second-order valence-corrected chi connectivity index (χ2v) is 4.28. The van der Waals surface area contributed by atoms with Crippen molar-refractivity contribution in [1.82, 2.24) is 0 Å². The van der Waals surface area contributed by atoms with E-state index in [1.54, 1.807) is 12.1 Å². The lowest BCUT2D eigenvalue weighted by atomic mass is 9.95. The summed E-state index contributed by atoms with van der Waals surface area (Å²) in [5, 5.41) is 8.63. The number of nitrogens with two attached hydrogens (primary N) is 1. The summed E-state index contributed by atoms with van der Waals surface area (Å²) in [6, 6.07) is 7.03. The number of amides is 1. The van der Waals surface area contributed by atoms with Gasteiger partial charge in [0, 0.05) is 30.3 Å². The summed E-state index contributed by atoms with van der Waals surface area (Å²) >= 11 is 0. The highest BCUT2D eigenvalue weighted by molar-refractivity contribution is 5.93. The van der Waals surface area contributed by atoms with Gasteiger partial charge < -0.3 is 15.7 Å². The Morgan fingerprint density at radius 3 is 2.35 bits per heavy atom. The molecule has 0 saturated carbocycles. The molecule has 1 aliphatic heterocycles. The zero-order valence-corrected chi connectivity index (χ0v) is 9.30. The first kappa shape index (κ1) is 11.4. The molecule has 0 atom stereocenters. The van der Waals surface area contributed by atoms with Gasteiger partial charge in [0.25, 0.3) is 0 Å². The highest BCUT2D eigenvalue weighted by Crippen LogP contribution is 2.26. The van der Waals surface area contributed by atoms with Gasteiger partial charge in [-0.15, -0.1) is 0 Å². The number of carbonyl (C=O) groups is 2. The molecule has 3 N–H and O–H groups in total. The van der Waals surface area contributed by atoms with Gasteiger partial charge in [-0.3, -0.25) is 9.59 Å². The van der Waals surface area contributed by atoms with Gasteiger partial charge in [-0.2, -0.15) is 0 Å². The topological polar surface area (TPSA) is 83.6 Å². The molecule has 5 heteroatoms. The molecule has 0 aliphatic carbocycles. The molecule has 0 aromatic heterocycles. The van der Waals surface area contributed by atoms with Crippen LogP contribution in [0.4, 0.5) is 5.69 Å². The number of anilines is 1. The standard InChI is InChI=1S/C12H14N2O3/c13-12(17)9-1-3-10(4-2-9)14-6-8(7-14)5-11(15)16/h1-4,8H,5-7H2,(H2,13,17)(H,15,16). The lowest BCUT2D eigenvalue weighted by Crippen LogP contribution is -2.47. The summed E-state index contributed by atoms with van der Waals surface area (Å²) in [4.78, 5) is 23.5. The number of hydrogen-bond acceptors (Lipinski definition) is 3. The first-order chi connectivity index (χ1) is 8.06. The third-order valence-corrected chi connectivity index (χ3v) is 2.94. The third-order valence-electron chi connectivity index (χ3n) is 2.94. The van der Waals surface area contributed by atoms with Crippen molar-refractivity contribution >= 4 is 17.6 Å². The maximum Gasteiger partial charge on any atom is 0.303 e. The number of benzene rings is 1. The van der Waals surface area contributed by atoms with Crippen molar-refractivity contribution in [3.63, 3.8) is 0 Å². The number of primary amides is 1. The van der Waals surface area contributed by atoms with E-state index in [1.165, 1.54) is 0 Å². The maximum atomic E-state index is 10.9. The molecule has 1 aliphatic rings. The van der Waals surface area contributed by atoms with E-state index in [-0.39, 0.29) is 12.3 Å². The predicted molar refractivity (Wildman–Crippen MR) is 62.9 cm³/mol. The largest absolute Gasteiger partial charge is 0.481 e. The fourth-order valence-corrected chi connectivity index (χ4v) is 1.99. The van der Waals surface area contributed by atoms with Gasteiger partial charge in [-0.25, -0.2) is 0 Å². The Morgan fingerprint density at radius 1 is 1.29 bits per heavy atom. The van der Waals surface area contributed by atoms with Crippen LogP contribution >= 0.6 is 0 Å². The number of aliphatic carboxylic acids is 1. The highest BCUT2D eigenvalue weighted by atomic mass is 16.4. The van der Waals surface area contributed by atoms with Crippen LogP contribution in [-0.4, -0.2) is 30.1 Å². The van der Waals surface area contributed by atoms with E-state index in [0.29, 0.717) is 5.56 Å². The van der Waals surface area contributed by atoms with Gasteiger partial charge in [-0.1, -0.05) is 0 Å². The van der Waals surface area contributed by atoms with Gasteiger partial charge in [0.15, 0.2) is 0 Å². The van der Waals surface area contributed by atoms with E-state index in [4.69, 9.17) is 10.8 Å². The van der Waals surface area contributed by atoms with Crippen molar-refractivity contribution in [3.8, 4) is 0 Å². The Morgan fingerprint density at radius 2 is 1.88 bits per heavy atom. The van der Waals surface area contributed by atoms with Crippen molar-refractivity contribution in [1.29, 1.82) is 0 Å². The van der Waals surface area contributed by atoms with Gasteiger partial charge in [-0.05, 0) is 24.3 Å². The number of nitrogens with zero attached hydrogens (tertiary/aromatic N) is 1. The van der Waals surface area contributed by atoms with E-state index in [9.17, 15) is 9.59 Å². The summed E-state index contributed by atoms with van der Waals surface area (Å²) in [6.07, 6.45) is 0.218. The lowest BCUT2D eigenvalue weighted by molar-refractivity contribution is -0.138. The first-order valence-electron chi connectivity index (χ1n) is 5.43. The second kappa shape index (κ2) is 4.45. The van der Waals surface area contributed by atoms with Crippen molar-refractivity contribution in [2.75, 3.05) is 18.0 Å². The molecule has 1 amide bonds. The van der Waals surface area contributed by atoms with E-state index in [0.717, 1.165) is 18.8 Å². The van der Waals surface area contributed by atoms with Gasteiger partial charge in [0.1, 0.15) is 0 Å². The Hall–Kier alpha value is -2.04. The minimum Gasteiger partial charge on any atom is -0.481 e. The van der Waals surface area contributed by atoms with E-state index in [2.05, 4.69) is 4.90 Å². The van der Waals surface area contributed by atoms with Crippen LogP contribution in [0.2, 0.25) is 0 Å². The molecule has 1 fully saturated rings. The minimum atomic E-state index is -0.751. The second-order valence-electron chi connectivity index (χ2n) is 4.28. The average molecular weight is 234 g/mol. The van der Waals surface area contributed by atoms with Crippen LogP contribution in [0.5, 0.6) is 0 Å². The number of rotatable bonds is 4. The predicted octanol–water partition coefficient (Wildman–Crippen LogP) is 0.696. The van der Waals surface area contributed by atoms with Gasteiger partial charge in [0.2, 0.25) is 5.91 Å². The quantitative estimate of drug-likeness (QED) is 0.803. The monoisotopic (exact) mass is 234 g/mol. The van der Waals surface area contributed by atoms with Crippen molar-refractivity contribution < 1.29 is 14.7 Å². The molecule has 0 spiro atoms. The van der Waals surface area contributed by atoms with E-state index in [1.807, 2.05) is 12.1 Å². The fraction of sp³-hybridized carbons (Fsp3) is 0.333. The lowest BCUT2D eigenvalue weighted by Gasteiger charge is -2.40. The maximum absolute atomic E-state index is 10.9. The van der Waals surface area contributed by atoms with E-state index < -0.39 is 11.9 Å². The van der Waals surface area contributed by atoms with E-state index >= 15 is 0 Å². The van der Waals surface area contributed by atoms with Crippen molar-refractivity contribution in [3.05, 3.63) is 29.8 Å². The Labute approximate surface area is 98.8 Å². The molecule has 0 radical (unpaired) electrons. The first-order valence-corrected chi connectivity index (χ1v) is 5.43. The number of carbonyl (C=O) groups excluding carboxylic acids is 1. The zero-order valence-electron chi connectivity index (χ0n) is 9.30. The normalized spacial score (nSPS) is 15.4. The fourth-order valence-electron chi connectivity index (χ4n) is 1.99. The van der Waals surface area contributed by atoms with Gasteiger partial charge >= 0.3 is 5.97 Å². The molecule has 0 bridgehead atoms. The third kappa shape index (κ3) is 2.55. The van der Waals surface area contributed by atoms with Crippen molar-refractivity contribution in [2.45, 2.75) is 6.42 Å². The number of hydrogen-bond donors (Lipinski definition) is 2. The summed E-state index contributed by atoms with van der Waals surface area (Å²) < 4.78 is 0. The Balaban J connectivity index is 1.93.